The molecule has 0 aliphatic rings. The number of methoxy groups -OCH3 is 1. The highest BCUT2D eigenvalue weighted by atomic mass is 16.5. The number of Topliss-reactive ketones (excluding diaryl/α,β-unsaturated/α-hetero) is 1. The Hall–Kier alpha value is -2.37. The number of nitrogens with zero attached hydrogens (tertiary/aromatic N) is 1. The Morgan fingerprint density at radius 3 is 2.26 bits per heavy atom. The summed E-state index contributed by atoms with van der Waals surface area (Å²) < 4.78 is 5.04. The number of ketones is 1. The van der Waals surface area contributed by atoms with Gasteiger partial charge in [-0.2, -0.15) is 0 Å². The van der Waals surface area contributed by atoms with Gasteiger partial charge in [0.25, 0.3) is 0 Å². The molecule has 1 amide bonds. The molecule has 0 saturated carbocycles. The number of rotatable bonds is 10. The molecule has 0 unspecified atom stereocenters. The molecule has 23 heavy (non-hydrogen) atoms. The molecule has 0 aliphatic carbocycles. The van der Waals surface area contributed by atoms with E-state index in [9.17, 15) is 14.4 Å². The molecule has 0 spiro atoms. The fraction of sp³-hybridized carbons (Fsp3) is 0.471. The second-order valence-corrected chi connectivity index (χ2v) is 5.12. The van der Waals surface area contributed by atoms with Crippen LogP contribution in [0.1, 0.15) is 43.0 Å². The average molecular weight is 321 g/mol. The third-order valence-electron chi connectivity index (χ3n) is 3.54. The number of aliphatic carboxylic acids is 1. The van der Waals surface area contributed by atoms with Gasteiger partial charge in [0.15, 0.2) is 5.78 Å². The quantitative estimate of drug-likeness (QED) is 0.669. The second kappa shape index (κ2) is 9.61. The minimum atomic E-state index is -0.925. The van der Waals surface area contributed by atoms with Crippen molar-refractivity contribution in [2.45, 2.75) is 32.6 Å². The van der Waals surface area contributed by atoms with Crippen molar-refractivity contribution in [2.24, 2.45) is 0 Å². The Bertz CT molecular complexity index is 538. The van der Waals surface area contributed by atoms with Crippen LogP contribution in [0, 0.1) is 0 Å². The smallest absolute Gasteiger partial charge is 0.305 e. The van der Waals surface area contributed by atoms with Gasteiger partial charge in [0.05, 0.1) is 13.5 Å². The van der Waals surface area contributed by atoms with E-state index < -0.39 is 5.97 Å². The molecular formula is C17H23NO5. The van der Waals surface area contributed by atoms with E-state index in [1.54, 1.807) is 31.4 Å². The fourth-order valence-electron chi connectivity index (χ4n) is 2.17. The zero-order valence-corrected chi connectivity index (χ0v) is 13.6. The van der Waals surface area contributed by atoms with Crippen molar-refractivity contribution in [3.8, 4) is 5.75 Å². The SMILES string of the molecule is CCN(CCC(=O)O)C(=O)CCCC(=O)c1ccc(OC)cc1. The summed E-state index contributed by atoms with van der Waals surface area (Å²) in [6.45, 7) is 2.48. The van der Waals surface area contributed by atoms with Crippen LogP contribution in [0.25, 0.3) is 0 Å². The van der Waals surface area contributed by atoms with Gasteiger partial charge in [-0.15, -0.1) is 0 Å². The minimum Gasteiger partial charge on any atom is -0.497 e. The Morgan fingerprint density at radius 1 is 1.09 bits per heavy atom. The van der Waals surface area contributed by atoms with E-state index in [2.05, 4.69) is 0 Å². The Labute approximate surface area is 136 Å². The van der Waals surface area contributed by atoms with E-state index in [0.29, 0.717) is 24.3 Å². The maximum atomic E-state index is 12.0. The number of hydrogen-bond donors (Lipinski definition) is 1. The summed E-state index contributed by atoms with van der Waals surface area (Å²) in [4.78, 5) is 36.1. The van der Waals surface area contributed by atoms with Crippen LogP contribution in [0.3, 0.4) is 0 Å². The summed E-state index contributed by atoms with van der Waals surface area (Å²) >= 11 is 0. The number of ether oxygens (including phenoxy) is 1. The molecule has 0 heterocycles. The van der Waals surface area contributed by atoms with E-state index in [-0.39, 0.29) is 37.5 Å². The summed E-state index contributed by atoms with van der Waals surface area (Å²) in [7, 11) is 1.56. The standard InChI is InChI=1S/C17H23NO5/c1-3-18(12-11-17(21)22)16(20)6-4-5-15(19)13-7-9-14(23-2)10-8-13/h7-10H,3-6,11-12H2,1-2H3,(H,21,22). The molecule has 1 rings (SSSR count). The molecule has 0 saturated heterocycles. The van der Waals surface area contributed by atoms with Gasteiger partial charge in [0.2, 0.25) is 5.91 Å². The number of amides is 1. The van der Waals surface area contributed by atoms with Crippen LogP contribution in [0.5, 0.6) is 5.75 Å². The first-order valence-corrected chi connectivity index (χ1v) is 7.64. The average Bonchev–Trinajstić information content (AvgIpc) is 2.55. The third-order valence-corrected chi connectivity index (χ3v) is 3.54. The van der Waals surface area contributed by atoms with E-state index in [1.165, 1.54) is 4.90 Å². The van der Waals surface area contributed by atoms with Crippen LogP contribution in [0.15, 0.2) is 24.3 Å². The minimum absolute atomic E-state index is 0.0194. The highest BCUT2D eigenvalue weighted by Gasteiger charge is 2.14. The lowest BCUT2D eigenvalue weighted by Crippen LogP contribution is -2.32. The van der Waals surface area contributed by atoms with Gasteiger partial charge in [0, 0.05) is 31.5 Å². The predicted molar refractivity (Wildman–Crippen MR) is 85.7 cm³/mol. The summed E-state index contributed by atoms with van der Waals surface area (Å²) in [6.07, 6.45) is 0.918. The Balaban J connectivity index is 2.40. The molecule has 1 aromatic rings. The third kappa shape index (κ3) is 6.50. The molecule has 126 valence electrons. The number of hydrogen-bond acceptors (Lipinski definition) is 4. The van der Waals surface area contributed by atoms with Crippen molar-refractivity contribution in [1.29, 1.82) is 0 Å². The van der Waals surface area contributed by atoms with Crippen molar-refractivity contribution in [2.75, 3.05) is 20.2 Å². The van der Waals surface area contributed by atoms with Crippen LogP contribution < -0.4 is 4.74 Å². The lowest BCUT2D eigenvalue weighted by atomic mass is 10.1. The maximum Gasteiger partial charge on any atom is 0.305 e. The van der Waals surface area contributed by atoms with Gasteiger partial charge in [-0.1, -0.05) is 0 Å². The molecule has 1 N–H and O–H groups in total. The summed E-state index contributed by atoms with van der Waals surface area (Å²) in [5, 5.41) is 8.66. The fourth-order valence-corrected chi connectivity index (χ4v) is 2.17. The number of carbonyl (C=O) groups is 3. The van der Waals surface area contributed by atoms with Gasteiger partial charge in [0.1, 0.15) is 5.75 Å². The summed E-state index contributed by atoms with van der Waals surface area (Å²) in [6, 6.07) is 6.86. The molecule has 0 aromatic heterocycles. The van der Waals surface area contributed by atoms with E-state index in [0.717, 1.165) is 0 Å². The molecule has 1 aromatic carbocycles. The second-order valence-electron chi connectivity index (χ2n) is 5.12. The van der Waals surface area contributed by atoms with Crippen LogP contribution in [0.2, 0.25) is 0 Å². The lowest BCUT2D eigenvalue weighted by molar-refractivity contribution is -0.138. The number of carbonyl (C=O) groups excluding carboxylic acids is 2. The molecule has 0 radical (unpaired) electrons. The van der Waals surface area contributed by atoms with Gasteiger partial charge in [-0.25, -0.2) is 0 Å². The molecule has 0 fully saturated rings. The zero-order chi connectivity index (χ0) is 17.2. The van der Waals surface area contributed by atoms with Crippen molar-refractivity contribution in [3.63, 3.8) is 0 Å². The van der Waals surface area contributed by atoms with Gasteiger partial charge >= 0.3 is 5.97 Å². The van der Waals surface area contributed by atoms with Crippen LogP contribution in [-0.2, 0) is 9.59 Å². The summed E-state index contributed by atoms with van der Waals surface area (Å²) in [5.74, 6) is -0.370. The number of carboxylic acids is 1. The van der Waals surface area contributed by atoms with Crippen LogP contribution in [0.4, 0.5) is 0 Å². The van der Waals surface area contributed by atoms with Gasteiger partial charge in [-0.05, 0) is 37.6 Å². The zero-order valence-electron chi connectivity index (χ0n) is 13.6. The molecule has 6 nitrogen and oxygen atoms in total. The molecule has 0 aliphatic heterocycles. The van der Waals surface area contributed by atoms with Crippen molar-refractivity contribution in [3.05, 3.63) is 29.8 Å². The van der Waals surface area contributed by atoms with Gasteiger partial charge in [-0.3, -0.25) is 14.4 Å². The molecule has 0 bridgehead atoms. The molecule has 6 heteroatoms. The Morgan fingerprint density at radius 2 is 1.74 bits per heavy atom. The van der Waals surface area contributed by atoms with Crippen molar-refractivity contribution in [1.82, 2.24) is 4.90 Å². The van der Waals surface area contributed by atoms with Crippen LogP contribution >= 0.6 is 0 Å². The monoisotopic (exact) mass is 321 g/mol. The number of benzene rings is 1. The Kier molecular flexibility index (Phi) is 7.80. The highest BCUT2D eigenvalue weighted by Crippen LogP contribution is 2.14. The van der Waals surface area contributed by atoms with E-state index in [1.807, 2.05) is 6.92 Å². The predicted octanol–water partition coefficient (Wildman–Crippen LogP) is 2.37. The normalized spacial score (nSPS) is 10.2. The van der Waals surface area contributed by atoms with Crippen molar-refractivity contribution < 1.29 is 24.2 Å². The first kappa shape index (κ1) is 18.7. The van der Waals surface area contributed by atoms with Crippen molar-refractivity contribution >= 4 is 17.7 Å². The van der Waals surface area contributed by atoms with Crippen LogP contribution in [-0.4, -0.2) is 47.9 Å². The summed E-state index contributed by atoms with van der Waals surface area (Å²) in [5.41, 5.74) is 0.594. The maximum absolute atomic E-state index is 12.0. The van der Waals surface area contributed by atoms with E-state index in [4.69, 9.17) is 9.84 Å². The molecular weight excluding hydrogens is 298 g/mol. The first-order valence-electron chi connectivity index (χ1n) is 7.64. The first-order chi connectivity index (χ1) is 11.0. The highest BCUT2D eigenvalue weighted by molar-refractivity contribution is 5.96. The molecule has 0 atom stereocenters. The number of carboxylic acid groups (broad SMARTS) is 1. The topological polar surface area (TPSA) is 83.9 Å². The van der Waals surface area contributed by atoms with Gasteiger partial charge < -0.3 is 14.7 Å². The van der Waals surface area contributed by atoms with E-state index >= 15 is 0 Å². The lowest BCUT2D eigenvalue weighted by Gasteiger charge is -2.19. The largest absolute Gasteiger partial charge is 0.497 e.